The van der Waals surface area contributed by atoms with E-state index >= 15 is 0 Å². The molecule has 4 aromatic carbocycles. The maximum atomic E-state index is 12.9. The number of nitro groups is 1. The third-order valence-electron chi connectivity index (χ3n) is 7.89. The number of nitrogens with zero attached hydrogens (tertiary/aromatic N) is 5. The van der Waals surface area contributed by atoms with E-state index in [-0.39, 0.29) is 41.2 Å². The molecule has 0 spiro atoms. The van der Waals surface area contributed by atoms with E-state index in [0.29, 0.717) is 23.5 Å². The van der Waals surface area contributed by atoms with Crippen molar-refractivity contribution in [3.8, 4) is 11.1 Å². The van der Waals surface area contributed by atoms with Crippen LogP contribution in [-0.4, -0.2) is 48.3 Å². The summed E-state index contributed by atoms with van der Waals surface area (Å²) in [5, 5.41) is 34.3. The highest BCUT2D eigenvalue weighted by molar-refractivity contribution is 5.96. The molecule has 13 nitrogen and oxygen atoms in total. The Kier molecular flexibility index (Phi) is 8.86. The maximum absolute atomic E-state index is 12.9. The molecule has 2 aromatic heterocycles. The molecule has 0 saturated heterocycles. The second-order valence-corrected chi connectivity index (χ2v) is 11.0. The average molecular weight is 634 g/mol. The molecule has 6 rings (SSSR count). The fraction of sp³-hybridized carbons (Fsp3) is 0.206. The van der Waals surface area contributed by atoms with Gasteiger partial charge in [0.05, 0.1) is 27.2 Å². The van der Waals surface area contributed by atoms with Crippen LogP contribution in [0, 0.1) is 10.1 Å². The van der Waals surface area contributed by atoms with Gasteiger partial charge in [0, 0.05) is 37.7 Å². The Morgan fingerprint density at radius 1 is 1.00 bits per heavy atom. The first kappa shape index (κ1) is 30.9. The lowest BCUT2D eigenvalue weighted by atomic mass is 9.99. The Morgan fingerprint density at radius 2 is 1.79 bits per heavy atom. The summed E-state index contributed by atoms with van der Waals surface area (Å²) >= 11 is 0. The number of benzene rings is 4. The van der Waals surface area contributed by atoms with Crippen molar-refractivity contribution in [3.05, 3.63) is 106 Å². The smallest absolute Gasteiger partial charge is 0.336 e. The van der Waals surface area contributed by atoms with Crippen molar-refractivity contribution in [3.63, 3.8) is 0 Å². The first-order chi connectivity index (χ1) is 22.8. The molecule has 0 fully saturated rings. The van der Waals surface area contributed by atoms with Gasteiger partial charge in [0.25, 0.3) is 0 Å². The SMILES string of the molecule is CCCCc1nc2ccc(NC(=O)CCNc3ccc([N+](=O)[O-])c4nonc34)cc2n1Cc1ccc(-c2ccccc2C(=O)O)cc1. The van der Waals surface area contributed by atoms with Gasteiger partial charge in [0.2, 0.25) is 11.4 Å². The highest BCUT2D eigenvalue weighted by Gasteiger charge is 2.20. The van der Waals surface area contributed by atoms with Gasteiger partial charge in [-0.05, 0) is 63.8 Å². The van der Waals surface area contributed by atoms with Gasteiger partial charge in [-0.1, -0.05) is 55.8 Å². The van der Waals surface area contributed by atoms with Gasteiger partial charge in [-0.2, -0.15) is 0 Å². The molecule has 13 heteroatoms. The minimum Gasteiger partial charge on any atom is -0.478 e. The standard InChI is InChI=1S/C34H31N7O6/c1-2-3-8-30-37-26-14-13-23(36-31(42)17-18-35-27-15-16-28(41(45)46)33-32(27)38-47-39-33)19-29(26)40(30)20-21-9-11-22(12-10-21)24-6-4-5-7-25(24)34(43)44/h4-7,9-16,19,35H,2-3,8,17-18,20H2,1H3,(H,36,42)(H,43,44). The molecule has 2 heterocycles. The number of aromatic carboxylic acids is 1. The van der Waals surface area contributed by atoms with E-state index in [9.17, 15) is 24.8 Å². The topological polar surface area (TPSA) is 178 Å². The number of carboxylic acids is 1. The summed E-state index contributed by atoms with van der Waals surface area (Å²) in [5.41, 5.74) is 5.63. The van der Waals surface area contributed by atoms with Crippen molar-refractivity contribution >= 4 is 51.0 Å². The number of hydrogen-bond acceptors (Lipinski definition) is 9. The van der Waals surface area contributed by atoms with E-state index in [1.54, 1.807) is 18.2 Å². The molecule has 0 radical (unpaired) electrons. The van der Waals surface area contributed by atoms with E-state index in [0.717, 1.165) is 47.2 Å². The molecule has 0 atom stereocenters. The highest BCUT2D eigenvalue weighted by Crippen LogP contribution is 2.29. The van der Waals surface area contributed by atoms with Crippen molar-refractivity contribution in [1.82, 2.24) is 19.9 Å². The monoisotopic (exact) mass is 633 g/mol. The Bertz CT molecular complexity index is 2100. The van der Waals surface area contributed by atoms with Crippen LogP contribution in [0.1, 0.15) is 47.9 Å². The number of anilines is 2. The molecule has 0 unspecified atom stereocenters. The van der Waals surface area contributed by atoms with Crippen LogP contribution in [-0.2, 0) is 17.8 Å². The van der Waals surface area contributed by atoms with Crippen molar-refractivity contribution in [2.24, 2.45) is 0 Å². The summed E-state index contributed by atoms with van der Waals surface area (Å²) < 4.78 is 6.85. The van der Waals surface area contributed by atoms with Crippen LogP contribution in [0.2, 0.25) is 0 Å². The molecular formula is C34H31N7O6. The lowest BCUT2D eigenvalue weighted by Gasteiger charge is -2.12. The van der Waals surface area contributed by atoms with Gasteiger partial charge in [-0.25, -0.2) is 14.4 Å². The predicted octanol–water partition coefficient (Wildman–Crippen LogP) is 6.68. The van der Waals surface area contributed by atoms with Crippen LogP contribution in [0.25, 0.3) is 33.2 Å². The number of carboxylic acid groups (broad SMARTS) is 1. The molecule has 3 N–H and O–H groups in total. The van der Waals surface area contributed by atoms with Crippen LogP contribution in [0.3, 0.4) is 0 Å². The number of amides is 1. The summed E-state index contributed by atoms with van der Waals surface area (Å²) in [6, 6.07) is 23.3. The van der Waals surface area contributed by atoms with Gasteiger partial charge < -0.3 is 20.3 Å². The van der Waals surface area contributed by atoms with Crippen LogP contribution < -0.4 is 10.6 Å². The fourth-order valence-corrected chi connectivity index (χ4v) is 5.52. The molecule has 0 aliphatic carbocycles. The Hall–Kier alpha value is -6.11. The molecule has 6 aromatic rings. The average Bonchev–Trinajstić information content (AvgIpc) is 3.69. The molecule has 0 aliphatic heterocycles. The molecule has 0 saturated carbocycles. The zero-order chi connectivity index (χ0) is 32.9. The summed E-state index contributed by atoms with van der Waals surface area (Å²) in [6.07, 6.45) is 2.94. The van der Waals surface area contributed by atoms with E-state index in [1.165, 1.54) is 12.1 Å². The number of imidazole rings is 1. The predicted molar refractivity (Wildman–Crippen MR) is 176 cm³/mol. The van der Waals surface area contributed by atoms with Crippen LogP contribution >= 0.6 is 0 Å². The third kappa shape index (κ3) is 6.64. The first-order valence-corrected chi connectivity index (χ1v) is 15.2. The molecule has 238 valence electrons. The minimum atomic E-state index is -0.968. The minimum absolute atomic E-state index is 0.0344. The van der Waals surface area contributed by atoms with Gasteiger partial charge in [-0.3, -0.25) is 14.9 Å². The van der Waals surface area contributed by atoms with Gasteiger partial charge >= 0.3 is 11.7 Å². The van der Waals surface area contributed by atoms with Crippen molar-refractivity contribution < 1.29 is 24.2 Å². The van der Waals surface area contributed by atoms with E-state index in [1.807, 2.05) is 48.5 Å². The zero-order valence-corrected chi connectivity index (χ0v) is 25.5. The first-order valence-electron chi connectivity index (χ1n) is 15.2. The van der Waals surface area contributed by atoms with Crippen molar-refractivity contribution in [2.45, 2.75) is 39.2 Å². The molecule has 0 bridgehead atoms. The number of hydrogen-bond donors (Lipinski definition) is 3. The zero-order valence-electron chi connectivity index (χ0n) is 25.5. The lowest BCUT2D eigenvalue weighted by molar-refractivity contribution is -0.383. The van der Waals surface area contributed by atoms with Crippen LogP contribution in [0.5, 0.6) is 0 Å². The lowest BCUT2D eigenvalue weighted by Crippen LogP contribution is -2.16. The number of nitro benzene ring substituents is 1. The number of unbranched alkanes of at least 4 members (excludes halogenated alkanes) is 1. The number of fused-ring (bicyclic) bond motifs is 2. The summed E-state index contributed by atoms with van der Waals surface area (Å²) in [4.78, 5) is 40.2. The molecule has 1 amide bonds. The largest absolute Gasteiger partial charge is 0.478 e. The Morgan fingerprint density at radius 3 is 2.55 bits per heavy atom. The molecule has 47 heavy (non-hydrogen) atoms. The summed E-state index contributed by atoms with van der Waals surface area (Å²) in [7, 11) is 0. The fourth-order valence-electron chi connectivity index (χ4n) is 5.52. The quantitative estimate of drug-likeness (QED) is 0.0918. The molecule has 0 aliphatic rings. The third-order valence-corrected chi connectivity index (χ3v) is 7.89. The van der Waals surface area contributed by atoms with Crippen LogP contribution in [0.4, 0.5) is 17.1 Å². The summed E-state index contributed by atoms with van der Waals surface area (Å²) in [5.74, 6) is -0.237. The summed E-state index contributed by atoms with van der Waals surface area (Å²) in [6.45, 7) is 2.94. The van der Waals surface area contributed by atoms with Crippen LogP contribution in [0.15, 0.2) is 83.5 Å². The number of nitrogens with one attached hydrogen (secondary N) is 2. The number of carbonyl (C=O) groups is 2. The van der Waals surface area contributed by atoms with E-state index in [4.69, 9.17) is 9.61 Å². The Labute approximate surface area is 268 Å². The second kappa shape index (κ2) is 13.5. The maximum Gasteiger partial charge on any atom is 0.336 e. The van der Waals surface area contributed by atoms with Gasteiger partial charge in [0.15, 0.2) is 5.52 Å². The number of aromatic nitrogens is 4. The highest BCUT2D eigenvalue weighted by atomic mass is 16.6. The normalized spacial score (nSPS) is 11.2. The van der Waals surface area contributed by atoms with Gasteiger partial charge in [0.1, 0.15) is 5.82 Å². The number of aryl methyl sites for hydroxylation is 1. The molecular weight excluding hydrogens is 602 g/mol. The number of rotatable bonds is 13. The van der Waals surface area contributed by atoms with Crippen molar-refractivity contribution in [2.75, 3.05) is 17.2 Å². The van der Waals surface area contributed by atoms with Crippen molar-refractivity contribution in [1.29, 1.82) is 0 Å². The number of carbonyl (C=O) groups excluding carboxylic acids is 1. The van der Waals surface area contributed by atoms with E-state index < -0.39 is 10.9 Å². The number of non-ortho nitro benzene ring substituents is 1. The van der Waals surface area contributed by atoms with Gasteiger partial charge in [-0.15, -0.1) is 0 Å². The second-order valence-electron chi connectivity index (χ2n) is 11.0. The van der Waals surface area contributed by atoms with E-state index in [2.05, 4.69) is 32.4 Å². The Balaban J connectivity index is 1.17.